The number of benzene rings is 1. The Hall–Kier alpha value is -2.42. The van der Waals surface area contributed by atoms with Gasteiger partial charge >= 0.3 is 0 Å². The van der Waals surface area contributed by atoms with Crippen LogP contribution in [0.4, 0.5) is 5.69 Å². The maximum absolute atomic E-state index is 12.8. The molecule has 1 atom stereocenters. The molecule has 9 heteroatoms. The van der Waals surface area contributed by atoms with Gasteiger partial charge in [0.05, 0.1) is 10.8 Å². The van der Waals surface area contributed by atoms with Crippen molar-refractivity contribution in [1.82, 2.24) is 9.80 Å². The molecule has 1 aromatic carbocycles. The summed E-state index contributed by atoms with van der Waals surface area (Å²) in [6.07, 6.45) is 5.88. The van der Waals surface area contributed by atoms with Crippen molar-refractivity contribution >= 4 is 33.4 Å². The lowest BCUT2D eigenvalue weighted by Gasteiger charge is -2.18. The van der Waals surface area contributed by atoms with Gasteiger partial charge in [-0.05, 0) is 43.9 Å². The molecule has 4 rings (SSSR count). The van der Waals surface area contributed by atoms with E-state index in [1.54, 1.807) is 17.0 Å². The summed E-state index contributed by atoms with van der Waals surface area (Å²) in [5, 5.41) is 2.78. The van der Waals surface area contributed by atoms with Crippen LogP contribution in [-0.4, -0.2) is 62.0 Å². The molecule has 0 bridgehead atoms. The molecule has 1 unspecified atom stereocenters. The van der Waals surface area contributed by atoms with Gasteiger partial charge in [0.25, 0.3) is 10.0 Å². The van der Waals surface area contributed by atoms with Crippen molar-refractivity contribution in [3.8, 4) is 0 Å². The van der Waals surface area contributed by atoms with Gasteiger partial charge in [-0.1, -0.05) is 12.5 Å². The van der Waals surface area contributed by atoms with Crippen LogP contribution in [0.5, 0.6) is 0 Å². The number of anilines is 1. The van der Waals surface area contributed by atoms with Crippen molar-refractivity contribution in [2.24, 2.45) is 10.3 Å². The van der Waals surface area contributed by atoms with Crippen LogP contribution in [0.2, 0.25) is 0 Å². The van der Waals surface area contributed by atoms with Crippen LogP contribution in [0.15, 0.2) is 33.6 Å². The summed E-state index contributed by atoms with van der Waals surface area (Å²) < 4.78 is 29.8. The largest absolute Gasteiger partial charge is 0.362 e. The quantitative estimate of drug-likeness (QED) is 0.769. The van der Waals surface area contributed by atoms with E-state index in [2.05, 4.69) is 9.71 Å². The van der Waals surface area contributed by atoms with Crippen LogP contribution < -0.4 is 5.32 Å². The number of likely N-dealkylation sites (tertiary alicyclic amines) is 2. The van der Waals surface area contributed by atoms with Crippen molar-refractivity contribution in [2.45, 2.75) is 55.9 Å². The van der Waals surface area contributed by atoms with Gasteiger partial charge in [-0.3, -0.25) is 9.59 Å². The van der Waals surface area contributed by atoms with Gasteiger partial charge in [0.2, 0.25) is 11.8 Å². The highest BCUT2D eigenvalue weighted by molar-refractivity contribution is 7.90. The molecule has 3 fully saturated rings. The molecule has 2 aliphatic heterocycles. The number of nitrogens with zero attached hydrogens (tertiary/aromatic N) is 3. The number of nitrogens with one attached hydrogen (secondary N) is 1. The molecule has 8 nitrogen and oxygen atoms in total. The van der Waals surface area contributed by atoms with E-state index in [-0.39, 0.29) is 23.1 Å². The second-order valence-electron chi connectivity index (χ2n) is 8.41. The zero-order valence-corrected chi connectivity index (χ0v) is 18.0. The predicted octanol–water partition coefficient (Wildman–Crippen LogP) is 2.23. The number of sulfonamides is 1. The smallest absolute Gasteiger partial charge is 0.284 e. The fraction of sp³-hybridized carbons (Fsp3) is 0.571. The highest BCUT2D eigenvalue weighted by atomic mass is 32.2. The Bertz CT molecular complexity index is 971. The molecule has 1 aliphatic carbocycles. The van der Waals surface area contributed by atoms with Gasteiger partial charge in [0.1, 0.15) is 5.84 Å². The standard InChI is InChI=1S/C21H28N4O4S/c1-24-11-4-2-3-8-19(24)23-30(28,29)18-7-5-6-16(13-18)22-21(27)15-12-20(26)25(14-15)17-9-10-17/h5-7,13,15,17H,2-4,8-12,14H2,1H3,(H,22,27)/b23-19+. The Morgan fingerprint density at radius 1 is 1.20 bits per heavy atom. The maximum atomic E-state index is 12.8. The Morgan fingerprint density at radius 2 is 2.00 bits per heavy atom. The van der Waals surface area contributed by atoms with Crippen LogP contribution in [0.25, 0.3) is 0 Å². The molecule has 2 saturated heterocycles. The summed E-state index contributed by atoms with van der Waals surface area (Å²) >= 11 is 0. The van der Waals surface area contributed by atoms with Crippen LogP contribution in [-0.2, 0) is 19.6 Å². The minimum absolute atomic E-state index is 0.0253. The van der Waals surface area contributed by atoms with E-state index in [1.165, 1.54) is 12.1 Å². The molecule has 1 N–H and O–H groups in total. The molecule has 1 aromatic rings. The van der Waals surface area contributed by atoms with Crippen molar-refractivity contribution in [3.63, 3.8) is 0 Å². The number of carbonyl (C=O) groups is 2. The van der Waals surface area contributed by atoms with Gasteiger partial charge in [-0.25, -0.2) is 0 Å². The molecule has 0 radical (unpaired) electrons. The summed E-state index contributed by atoms with van der Waals surface area (Å²) in [5.41, 5.74) is 0.396. The zero-order chi connectivity index (χ0) is 21.3. The van der Waals surface area contributed by atoms with Gasteiger partial charge in [-0.2, -0.15) is 8.42 Å². The van der Waals surface area contributed by atoms with E-state index < -0.39 is 15.9 Å². The van der Waals surface area contributed by atoms with Crippen LogP contribution in [0, 0.1) is 5.92 Å². The van der Waals surface area contributed by atoms with Gasteiger partial charge in [0.15, 0.2) is 0 Å². The topological polar surface area (TPSA) is 99.1 Å². The first-order valence-corrected chi connectivity index (χ1v) is 12.0. The Morgan fingerprint density at radius 3 is 2.77 bits per heavy atom. The van der Waals surface area contributed by atoms with Crippen molar-refractivity contribution in [2.75, 3.05) is 25.5 Å². The molecule has 0 spiro atoms. The molecule has 162 valence electrons. The highest BCUT2D eigenvalue weighted by Gasteiger charge is 2.41. The molecule has 1 saturated carbocycles. The van der Waals surface area contributed by atoms with Gasteiger partial charge < -0.3 is 15.1 Å². The number of amides is 2. The summed E-state index contributed by atoms with van der Waals surface area (Å²) in [4.78, 5) is 28.5. The monoisotopic (exact) mass is 432 g/mol. The minimum atomic E-state index is -3.87. The number of hydrogen-bond donors (Lipinski definition) is 1. The highest BCUT2D eigenvalue weighted by Crippen LogP contribution is 2.33. The van der Waals surface area contributed by atoms with E-state index in [0.29, 0.717) is 30.5 Å². The second kappa shape index (κ2) is 8.37. The normalized spacial score (nSPS) is 24.2. The average Bonchev–Trinajstić information content (AvgIpc) is 3.50. The SMILES string of the molecule is CN1CCCCC/C1=N\S(=O)(=O)c1cccc(NC(=O)C2CC(=O)N(C3CC3)C2)c1. The first kappa shape index (κ1) is 20.8. The number of hydrogen-bond acceptors (Lipinski definition) is 4. The fourth-order valence-corrected chi connectivity index (χ4v) is 5.20. The summed E-state index contributed by atoms with van der Waals surface area (Å²) in [5.74, 6) is -0.0574. The van der Waals surface area contributed by atoms with Gasteiger partial charge in [-0.15, -0.1) is 4.40 Å². The minimum Gasteiger partial charge on any atom is -0.362 e. The van der Waals surface area contributed by atoms with E-state index in [0.717, 1.165) is 38.6 Å². The van der Waals surface area contributed by atoms with Crippen LogP contribution in [0.3, 0.4) is 0 Å². The summed E-state index contributed by atoms with van der Waals surface area (Å²) in [7, 11) is -2.01. The zero-order valence-electron chi connectivity index (χ0n) is 17.2. The van der Waals surface area contributed by atoms with Crippen molar-refractivity contribution in [1.29, 1.82) is 0 Å². The summed E-state index contributed by atoms with van der Waals surface area (Å²) in [6, 6.07) is 6.46. The summed E-state index contributed by atoms with van der Waals surface area (Å²) in [6.45, 7) is 1.23. The Kier molecular flexibility index (Phi) is 5.81. The predicted molar refractivity (Wildman–Crippen MR) is 114 cm³/mol. The Balaban J connectivity index is 1.47. The first-order valence-electron chi connectivity index (χ1n) is 10.6. The second-order valence-corrected chi connectivity index (χ2v) is 10.0. The third-order valence-electron chi connectivity index (χ3n) is 5.98. The molecule has 3 aliphatic rings. The van der Waals surface area contributed by atoms with Crippen molar-refractivity contribution in [3.05, 3.63) is 24.3 Å². The van der Waals surface area contributed by atoms with Crippen LogP contribution >= 0.6 is 0 Å². The molecule has 30 heavy (non-hydrogen) atoms. The first-order chi connectivity index (χ1) is 14.3. The Labute approximate surface area is 177 Å². The van der Waals surface area contributed by atoms with E-state index in [4.69, 9.17) is 0 Å². The molecular formula is C21H28N4O4S. The number of carbonyl (C=O) groups excluding carboxylic acids is 2. The van der Waals surface area contributed by atoms with E-state index in [9.17, 15) is 18.0 Å². The number of rotatable bonds is 5. The van der Waals surface area contributed by atoms with E-state index in [1.807, 2.05) is 11.9 Å². The van der Waals surface area contributed by atoms with Crippen molar-refractivity contribution < 1.29 is 18.0 Å². The lowest BCUT2D eigenvalue weighted by molar-refractivity contribution is -0.128. The van der Waals surface area contributed by atoms with Crippen LogP contribution in [0.1, 0.15) is 44.9 Å². The maximum Gasteiger partial charge on any atom is 0.284 e. The van der Waals surface area contributed by atoms with Gasteiger partial charge in [0, 0.05) is 44.7 Å². The number of amidine groups is 1. The molecule has 2 heterocycles. The fourth-order valence-electron chi connectivity index (χ4n) is 4.06. The molecule has 2 amide bonds. The van der Waals surface area contributed by atoms with E-state index >= 15 is 0 Å². The lowest BCUT2D eigenvalue weighted by atomic mass is 10.1. The average molecular weight is 433 g/mol. The lowest BCUT2D eigenvalue weighted by Crippen LogP contribution is -2.29. The third kappa shape index (κ3) is 4.66. The molecule has 0 aromatic heterocycles. The third-order valence-corrected chi connectivity index (χ3v) is 7.28. The molecular weight excluding hydrogens is 404 g/mol.